The maximum Gasteiger partial charge on any atom is 0.221 e. The van der Waals surface area contributed by atoms with Crippen LogP contribution in [0.2, 0.25) is 4.34 Å². The van der Waals surface area contributed by atoms with Crippen molar-refractivity contribution in [1.82, 2.24) is 5.32 Å². The maximum absolute atomic E-state index is 11.4. The number of nitrogens with two attached hydrogens (primary N) is 1. The van der Waals surface area contributed by atoms with Gasteiger partial charge in [0, 0.05) is 23.4 Å². The molecular formula is C11H17ClN2OS. The largest absolute Gasteiger partial charge is 0.356 e. The van der Waals surface area contributed by atoms with Gasteiger partial charge in [0.1, 0.15) is 0 Å². The van der Waals surface area contributed by atoms with Crippen LogP contribution in [0, 0.1) is 0 Å². The van der Waals surface area contributed by atoms with Crippen LogP contribution in [0.15, 0.2) is 12.1 Å². The van der Waals surface area contributed by atoms with Crippen molar-refractivity contribution in [3.8, 4) is 0 Å². The lowest BCUT2D eigenvalue weighted by Crippen LogP contribution is -2.39. The number of hydrogen-bond acceptors (Lipinski definition) is 3. The van der Waals surface area contributed by atoms with Crippen LogP contribution in [-0.2, 0) is 11.2 Å². The lowest BCUT2D eigenvalue weighted by Gasteiger charge is -2.17. The van der Waals surface area contributed by atoms with E-state index in [0.717, 1.165) is 10.8 Å². The number of carbonyl (C=O) groups excluding carboxylic acids is 1. The number of hydrogen-bond donors (Lipinski definition) is 2. The van der Waals surface area contributed by atoms with Gasteiger partial charge in [-0.25, -0.2) is 0 Å². The Morgan fingerprint density at radius 3 is 2.75 bits per heavy atom. The molecule has 0 atom stereocenters. The van der Waals surface area contributed by atoms with E-state index in [4.69, 9.17) is 17.3 Å². The highest BCUT2D eigenvalue weighted by Crippen LogP contribution is 2.21. The summed E-state index contributed by atoms with van der Waals surface area (Å²) in [6.07, 6.45) is 1.16. The monoisotopic (exact) mass is 260 g/mol. The van der Waals surface area contributed by atoms with Gasteiger partial charge in [-0.3, -0.25) is 4.79 Å². The number of halogens is 1. The smallest absolute Gasteiger partial charge is 0.221 e. The van der Waals surface area contributed by atoms with Crippen LogP contribution in [0.5, 0.6) is 0 Å². The molecule has 0 aliphatic carbocycles. The van der Waals surface area contributed by atoms with Crippen LogP contribution in [0.3, 0.4) is 0 Å². The van der Waals surface area contributed by atoms with Crippen molar-refractivity contribution < 1.29 is 4.79 Å². The van der Waals surface area contributed by atoms with Gasteiger partial charge in [0.2, 0.25) is 5.91 Å². The van der Waals surface area contributed by atoms with E-state index in [9.17, 15) is 4.79 Å². The molecule has 0 saturated carbocycles. The molecule has 1 rings (SSSR count). The van der Waals surface area contributed by atoms with Crippen molar-refractivity contribution in [1.29, 1.82) is 0 Å². The molecule has 0 spiro atoms. The van der Waals surface area contributed by atoms with Crippen LogP contribution < -0.4 is 11.1 Å². The van der Waals surface area contributed by atoms with Gasteiger partial charge in [-0.15, -0.1) is 11.3 Å². The summed E-state index contributed by atoms with van der Waals surface area (Å²) in [5, 5.41) is 2.84. The topological polar surface area (TPSA) is 55.1 Å². The van der Waals surface area contributed by atoms with Crippen molar-refractivity contribution in [2.24, 2.45) is 5.73 Å². The van der Waals surface area contributed by atoms with Crippen molar-refractivity contribution in [3.63, 3.8) is 0 Å². The zero-order chi connectivity index (χ0) is 12.2. The summed E-state index contributed by atoms with van der Waals surface area (Å²) in [6.45, 7) is 4.31. The van der Waals surface area contributed by atoms with Gasteiger partial charge in [-0.1, -0.05) is 11.6 Å². The number of carbonyl (C=O) groups is 1. The molecule has 1 heterocycles. The summed E-state index contributed by atoms with van der Waals surface area (Å²) >= 11 is 7.35. The van der Waals surface area contributed by atoms with Crippen molar-refractivity contribution in [2.75, 3.05) is 6.54 Å². The SMILES string of the molecule is CC(C)(N)CC(=O)NCCc1ccc(Cl)s1. The molecule has 1 amide bonds. The first-order valence-electron chi connectivity index (χ1n) is 5.16. The highest BCUT2D eigenvalue weighted by atomic mass is 35.5. The molecule has 0 unspecified atom stereocenters. The Morgan fingerprint density at radius 1 is 1.56 bits per heavy atom. The molecule has 90 valence electrons. The first kappa shape index (κ1) is 13.5. The average Bonchev–Trinajstić information content (AvgIpc) is 2.48. The second-order valence-corrected chi connectivity index (χ2v) is 6.27. The van der Waals surface area contributed by atoms with E-state index in [2.05, 4.69) is 5.32 Å². The van der Waals surface area contributed by atoms with Crippen molar-refractivity contribution in [2.45, 2.75) is 32.2 Å². The third-order valence-electron chi connectivity index (χ3n) is 1.94. The van der Waals surface area contributed by atoms with Gasteiger partial charge in [0.05, 0.1) is 4.34 Å². The van der Waals surface area contributed by atoms with Gasteiger partial charge in [-0.2, -0.15) is 0 Å². The fraction of sp³-hybridized carbons (Fsp3) is 0.545. The maximum atomic E-state index is 11.4. The summed E-state index contributed by atoms with van der Waals surface area (Å²) in [6, 6.07) is 3.85. The predicted octanol–water partition coefficient (Wildman–Crippen LogP) is 2.19. The summed E-state index contributed by atoms with van der Waals surface area (Å²) in [7, 11) is 0. The highest BCUT2D eigenvalue weighted by molar-refractivity contribution is 7.16. The third kappa shape index (κ3) is 5.49. The Kier molecular flexibility index (Phi) is 4.77. The molecule has 0 saturated heterocycles. The van der Waals surface area contributed by atoms with Gasteiger partial charge in [0.15, 0.2) is 0 Å². The number of thiophene rings is 1. The van der Waals surface area contributed by atoms with E-state index in [1.54, 1.807) is 11.3 Å². The molecule has 0 bridgehead atoms. The van der Waals surface area contributed by atoms with E-state index >= 15 is 0 Å². The molecular weight excluding hydrogens is 244 g/mol. The molecule has 0 aliphatic heterocycles. The van der Waals surface area contributed by atoms with Gasteiger partial charge in [-0.05, 0) is 32.4 Å². The highest BCUT2D eigenvalue weighted by Gasteiger charge is 2.15. The molecule has 0 fully saturated rings. The first-order chi connectivity index (χ1) is 7.37. The van der Waals surface area contributed by atoms with E-state index in [1.807, 2.05) is 26.0 Å². The van der Waals surface area contributed by atoms with E-state index in [0.29, 0.717) is 13.0 Å². The number of nitrogens with one attached hydrogen (secondary N) is 1. The molecule has 16 heavy (non-hydrogen) atoms. The molecule has 0 radical (unpaired) electrons. The minimum absolute atomic E-state index is 0.00449. The molecule has 1 aromatic rings. The first-order valence-corrected chi connectivity index (χ1v) is 6.36. The Balaban J connectivity index is 2.23. The molecule has 3 N–H and O–H groups in total. The lowest BCUT2D eigenvalue weighted by molar-refractivity contribution is -0.121. The Hall–Kier alpha value is -0.580. The summed E-state index contributed by atoms with van der Waals surface area (Å²) < 4.78 is 0.782. The quantitative estimate of drug-likeness (QED) is 0.853. The van der Waals surface area contributed by atoms with Crippen LogP contribution in [0.1, 0.15) is 25.1 Å². The van der Waals surface area contributed by atoms with Gasteiger partial charge < -0.3 is 11.1 Å². The average molecular weight is 261 g/mol. The fourth-order valence-electron chi connectivity index (χ4n) is 1.29. The van der Waals surface area contributed by atoms with E-state index < -0.39 is 5.54 Å². The third-order valence-corrected chi connectivity index (χ3v) is 3.23. The second kappa shape index (κ2) is 5.66. The van der Waals surface area contributed by atoms with E-state index in [-0.39, 0.29) is 5.91 Å². The zero-order valence-corrected chi connectivity index (χ0v) is 11.1. The van der Waals surface area contributed by atoms with Crippen molar-refractivity contribution >= 4 is 28.8 Å². The van der Waals surface area contributed by atoms with Gasteiger partial charge in [0.25, 0.3) is 0 Å². The van der Waals surface area contributed by atoms with Crippen LogP contribution in [-0.4, -0.2) is 18.0 Å². The standard InChI is InChI=1S/C11H17ClN2OS/c1-11(2,13)7-10(15)14-6-5-8-3-4-9(12)16-8/h3-4H,5-7,13H2,1-2H3,(H,14,15). The van der Waals surface area contributed by atoms with Crippen LogP contribution in [0.25, 0.3) is 0 Å². The molecule has 5 heteroatoms. The Labute approximate surface area is 105 Å². The molecule has 1 aromatic heterocycles. The second-order valence-electron chi connectivity index (χ2n) is 4.47. The van der Waals surface area contributed by atoms with Crippen LogP contribution >= 0.6 is 22.9 Å². The molecule has 0 aromatic carbocycles. The molecule has 0 aliphatic rings. The summed E-state index contributed by atoms with van der Waals surface area (Å²) in [5.74, 6) is -0.00449. The van der Waals surface area contributed by atoms with Gasteiger partial charge >= 0.3 is 0 Å². The predicted molar refractivity (Wildman–Crippen MR) is 68.9 cm³/mol. The Morgan fingerprint density at radius 2 is 2.25 bits per heavy atom. The molecule has 3 nitrogen and oxygen atoms in total. The van der Waals surface area contributed by atoms with Crippen LogP contribution in [0.4, 0.5) is 0 Å². The summed E-state index contributed by atoms with van der Waals surface area (Å²) in [5.41, 5.74) is 5.30. The number of rotatable bonds is 5. The Bertz CT molecular complexity index is 357. The summed E-state index contributed by atoms with van der Waals surface area (Å²) in [4.78, 5) is 12.6. The normalized spacial score (nSPS) is 11.5. The zero-order valence-electron chi connectivity index (χ0n) is 9.55. The van der Waals surface area contributed by atoms with E-state index in [1.165, 1.54) is 4.88 Å². The number of amides is 1. The lowest BCUT2D eigenvalue weighted by atomic mass is 10.0. The van der Waals surface area contributed by atoms with Crippen molar-refractivity contribution in [3.05, 3.63) is 21.3 Å². The minimum Gasteiger partial charge on any atom is -0.356 e. The fourth-order valence-corrected chi connectivity index (χ4v) is 2.37. The minimum atomic E-state index is -0.448.